The Kier molecular flexibility index (Phi) is 8.30. The molecule has 0 aromatic heterocycles. The van der Waals surface area contributed by atoms with Gasteiger partial charge >= 0.3 is 12.2 Å². The van der Waals surface area contributed by atoms with Gasteiger partial charge in [-0.2, -0.15) is 13.2 Å². The van der Waals surface area contributed by atoms with Gasteiger partial charge in [0, 0.05) is 50.1 Å². The molecule has 2 unspecified atom stereocenters. The molecule has 1 saturated carbocycles. The number of nitrogens with zero attached hydrogens (tertiary/aromatic N) is 2. The number of likely N-dealkylation sites (tertiary alicyclic amines) is 1. The lowest BCUT2D eigenvalue weighted by Crippen LogP contribution is -2.54. The van der Waals surface area contributed by atoms with Crippen molar-refractivity contribution in [2.45, 2.75) is 38.1 Å². The number of hydrogen-bond donors (Lipinski definition) is 2. The van der Waals surface area contributed by atoms with Crippen LogP contribution in [0.3, 0.4) is 0 Å². The maximum atomic E-state index is 14.1. The smallest absolute Gasteiger partial charge is 0.416 e. The molecule has 9 nitrogen and oxygen atoms in total. The van der Waals surface area contributed by atoms with Crippen molar-refractivity contribution in [1.82, 2.24) is 9.80 Å². The van der Waals surface area contributed by atoms with Gasteiger partial charge < -0.3 is 29.9 Å². The van der Waals surface area contributed by atoms with Crippen molar-refractivity contribution in [2.75, 3.05) is 37.4 Å². The fourth-order valence-electron chi connectivity index (χ4n) is 5.76. The summed E-state index contributed by atoms with van der Waals surface area (Å²) >= 11 is 0. The van der Waals surface area contributed by atoms with E-state index in [-0.39, 0.29) is 48.5 Å². The molecular formula is C33H33F3N4O5. The number of halogens is 3. The molecule has 3 aromatic rings. The van der Waals surface area contributed by atoms with E-state index in [9.17, 15) is 27.6 Å². The van der Waals surface area contributed by atoms with E-state index in [0.717, 1.165) is 30.5 Å². The number of amides is 4. The lowest BCUT2D eigenvalue weighted by Gasteiger charge is -2.42. The summed E-state index contributed by atoms with van der Waals surface area (Å²) in [7, 11) is 1.58. The van der Waals surface area contributed by atoms with Crippen LogP contribution in [0.25, 0.3) is 0 Å². The second kappa shape index (κ2) is 12.3. The Morgan fingerprint density at radius 1 is 0.956 bits per heavy atom. The second-order valence-electron chi connectivity index (χ2n) is 11.6. The molecule has 2 aliphatic heterocycles. The van der Waals surface area contributed by atoms with Crippen LogP contribution in [0.5, 0.6) is 11.5 Å². The maximum Gasteiger partial charge on any atom is 0.416 e. The Labute approximate surface area is 258 Å². The van der Waals surface area contributed by atoms with E-state index in [1.807, 2.05) is 24.3 Å². The highest BCUT2D eigenvalue weighted by atomic mass is 19.4. The first kappa shape index (κ1) is 30.3. The van der Waals surface area contributed by atoms with Crippen LogP contribution in [0.2, 0.25) is 0 Å². The van der Waals surface area contributed by atoms with E-state index >= 15 is 0 Å². The number of ether oxygens (including phenoxy) is 2. The molecule has 2 N–H and O–H groups in total. The number of rotatable bonds is 6. The van der Waals surface area contributed by atoms with Gasteiger partial charge in [0.25, 0.3) is 5.91 Å². The number of benzene rings is 3. The number of carbonyl (C=O) groups is 3. The summed E-state index contributed by atoms with van der Waals surface area (Å²) in [6.07, 6.45) is -2.75. The lowest BCUT2D eigenvalue weighted by atomic mass is 9.92. The fourth-order valence-corrected chi connectivity index (χ4v) is 5.76. The van der Waals surface area contributed by atoms with Crippen LogP contribution in [0.1, 0.15) is 40.7 Å². The third-order valence-corrected chi connectivity index (χ3v) is 8.41. The topological polar surface area (TPSA) is 100 Å². The van der Waals surface area contributed by atoms with E-state index in [4.69, 9.17) is 9.47 Å². The van der Waals surface area contributed by atoms with Crippen molar-refractivity contribution < 1.29 is 37.0 Å². The van der Waals surface area contributed by atoms with E-state index < -0.39 is 17.8 Å². The fraction of sp³-hybridized carbons (Fsp3) is 0.364. The summed E-state index contributed by atoms with van der Waals surface area (Å²) in [5.74, 6) is 0.287. The van der Waals surface area contributed by atoms with Gasteiger partial charge in [-0.05, 0) is 66.9 Å². The number of nitrogens with one attached hydrogen (secondary N) is 2. The van der Waals surface area contributed by atoms with Gasteiger partial charge in [-0.15, -0.1) is 0 Å². The van der Waals surface area contributed by atoms with Gasteiger partial charge in [-0.1, -0.05) is 18.2 Å². The number of urea groups is 1. The molecular weight excluding hydrogens is 589 g/mol. The quantitative estimate of drug-likeness (QED) is 0.350. The summed E-state index contributed by atoms with van der Waals surface area (Å²) < 4.78 is 50.7. The summed E-state index contributed by atoms with van der Waals surface area (Å²) in [4.78, 5) is 43.3. The van der Waals surface area contributed by atoms with Crippen molar-refractivity contribution in [3.05, 3.63) is 83.4 Å². The van der Waals surface area contributed by atoms with Gasteiger partial charge in [0.05, 0.1) is 23.9 Å². The number of alkyl halides is 3. The summed E-state index contributed by atoms with van der Waals surface area (Å²) in [6, 6.07) is 16.4. The second-order valence-corrected chi connectivity index (χ2v) is 11.6. The Hall–Kier alpha value is -4.74. The summed E-state index contributed by atoms with van der Waals surface area (Å²) in [6.45, 7) is 1.15. The predicted octanol–water partition coefficient (Wildman–Crippen LogP) is 6.02. The standard InChI is InChI=1S/C33H33F3N4O5/c1-44-25-13-5-20(6-14-25)17-40-19-22-18-39(32(43)37-24-11-9-23(10-12-24)33(34,35)36)16-15-28(22)45-29-26(31(40)42)3-2-4-27(29)38-30(41)21-7-8-21/h2-6,9-14,21-22,28H,7-8,15-19H2,1H3,(H,37,43)(H,38,41). The number of para-hydroxylation sites is 1. The molecule has 2 heterocycles. The first-order valence-electron chi connectivity index (χ1n) is 14.8. The van der Waals surface area contributed by atoms with E-state index in [0.29, 0.717) is 42.3 Å². The van der Waals surface area contributed by atoms with Crippen molar-refractivity contribution in [1.29, 1.82) is 0 Å². The van der Waals surface area contributed by atoms with Gasteiger partial charge in [0.2, 0.25) is 5.91 Å². The van der Waals surface area contributed by atoms with Crippen molar-refractivity contribution in [3.63, 3.8) is 0 Å². The van der Waals surface area contributed by atoms with Gasteiger partial charge in [0.1, 0.15) is 11.9 Å². The Balaban J connectivity index is 1.25. The largest absolute Gasteiger partial charge is 0.497 e. The lowest BCUT2D eigenvalue weighted by molar-refractivity contribution is -0.137. The third-order valence-electron chi connectivity index (χ3n) is 8.41. The Bertz CT molecular complexity index is 1570. The molecule has 2 fully saturated rings. The normalized spacial score (nSPS) is 19.8. The zero-order chi connectivity index (χ0) is 31.7. The van der Waals surface area contributed by atoms with Crippen LogP contribution >= 0.6 is 0 Å². The monoisotopic (exact) mass is 622 g/mol. The number of carbonyl (C=O) groups excluding carboxylic acids is 3. The molecule has 0 spiro atoms. The first-order chi connectivity index (χ1) is 21.6. The molecule has 6 rings (SSSR count). The van der Waals surface area contributed by atoms with Crippen molar-refractivity contribution in [2.24, 2.45) is 11.8 Å². The number of fused-ring (bicyclic) bond motifs is 2. The minimum absolute atomic E-state index is 0.0455. The SMILES string of the molecule is COc1ccc(CN2CC3CN(C(=O)Nc4ccc(C(F)(F)F)cc4)CCC3Oc3c(NC(=O)C4CC4)cccc3C2=O)cc1. The van der Waals surface area contributed by atoms with E-state index in [1.54, 1.807) is 35.1 Å². The van der Waals surface area contributed by atoms with Crippen LogP contribution in [0.15, 0.2) is 66.7 Å². The molecule has 0 radical (unpaired) electrons. The molecule has 1 aliphatic carbocycles. The minimum atomic E-state index is -4.48. The number of hydrogen-bond acceptors (Lipinski definition) is 5. The Morgan fingerprint density at radius 2 is 1.69 bits per heavy atom. The minimum Gasteiger partial charge on any atom is -0.497 e. The molecule has 1 saturated heterocycles. The number of methoxy groups -OCH3 is 1. The summed E-state index contributed by atoms with van der Waals surface area (Å²) in [5, 5.41) is 5.63. The van der Waals surface area contributed by atoms with Crippen molar-refractivity contribution >= 4 is 29.2 Å². The summed E-state index contributed by atoms with van der Waals surface area (Å²) in [5.41, 5.74) is 1.10. The highest BCUT2D eigenvalue weighted by Gasteiger charge is 2.39. The zero-order valence-electron chi connectivity index (χ0n) is 24.6. The highest BCUT2D eigenvalue weighted by Crippen LogP contribution is 2.38. The highest BCUT2D eigenvalue weighted by molar-refractivity contribution is 6.02. The zero-order valence-corrected chi connectivity index (χ0v) is 24.6. The first-order valence-corrected chi connectivity index (χ1v) is 14.8. The Morgan fingerprint density at radius 3 is 2.36 bits per heavy atom. The van der Waals surface area contributed by atoms with Gasteiger partial charge in [0.15, 0.2) is 5.75 Å². The van der Waals surface area contributed by atoms with Gasteiger partial charge in [-0.3, -0.25) is 9.59 Å². The van der Waals surface area contributed by atoms with Crippen LogP contribution in [-0.4, -0.2) is 60.5 Å². The van der Waals surface area contributed by atoms with Crippen LogP contribution < -0.4 is 20.1 Å². The van der Waals surface area contributed by atoms with Crippen LogP contribution in [-0.2, 0) is 17.5 Å². The predicted molar refractivity (Wildman–Crippen MR) is 160 cm³/mol. The molecule has 3 aromatic carbocycles. The molecule has 12 heteroatoms. The van der Waals surface area contributed by atoms with E-state index in [2.05, 4.69) is 10.6 Å². The molecule has 2 atom stereocenters. The number of piperidine rings is 1. The van der Waals surface area contributed by atoms with Crippen molar-refractivity contribution in [3.8, 4) is 11.5 Å². The molecule has 236 valence electrons. The maximum absolute atomic E-state index is 14.1. The molecule has 4 amide bonds. The van der Waals surface area contributed by atoms with E-state index in [1.165, 1.54) is 12.1 Å². The van der Waals surface area contributed by atoms with Gasteiger partial charge in [-0.25, -0.2) is 4.79 Å². The number of anilines is 2. The average Bonchev–Trinajstić information content (AvgIpc) is 3.87. The third kappa shape index (κ3) is 6.84. The van der Waals surface area contributed by atoms with Crippen LogP contribution in [0.4, 0.5) is 29.3 Å². The molecule has 3 aliphatic rings. The average molecular weight is 623 g/mol. The molecule has 45 heavy (non-hydrogen) atoms. The molecule has 0 bridgehead atoms. The van der Waals surface area contributed by atoms with Crippen LogP contribution in [0, 0.1) is 11.8 Å².